The highest BCUT2D eigenvalue weighted by molar-refractivity contribution is 6.29. The van der Waals surface area contributed by atoms with Crippen LogP contribution in [0.5, 0.6) is 0 Å². The molecule has 2 atom stereocenters. The Kier molecular flexibility index (Phi) is 2.74. The number of fused-ring (bicyclic) bond motifs is 1. The van der Waals surface area contributed by atoms with Crippen molar-refractivity contribution in [3.63, 3.8) is 0 Å². The average molecular weight is 265 g/mol. The molecule has 1 N–H and O–H groups in total. The van der Waals surface area contributed by atoms with E-state index in [2.05, 4.69) is 11.1 Å². The second-order valence-electron chi connectivity index (χ2n) is 4.82. The lowest BCUT2D eigenvalue weighted by atomic mass is 9.91. The summed E-state index contributed by atoms with van der Waals surface area (Å²) in [4.78, 5) is 16.6. The Balaban J connectivity index is 1.83. The molecule has 1 aliphatic heterocycles. The van der Waals surface area contributed by atoms with Gasteiger partial charge in [0.15, 0.2) is 0 Å². The molecule has 18 heavy (non-hydrogen) atoms. The van der Waals surface area contributed by atoms with Gasteiger partial charge in [-0.3, -0.25) is 0 Å². The summed E-state index contributed by atoms with van der Waals surface area (Å²) < 4.78 is 0. The van der Waals surface area contributed by atoms with Crippen molar-refractivity contribution < 1.29 is 9.90 Å². The smallest absolute Gasteiger partial charge is 0.407 e. The number of halogens is 1. The normalized spacial score (nSPS) is 26.1. The van der Waals surface area contributed by atoms with Crippen LogP contribution in [-0.2, 0) is 0 Å². The summed E-state index contributed by atoms with van der Waals surface area (Å²) in [6.45, 7) is 1.23. The van der Waals surface area contributed by atoms with Crippen molar-refractivity contribution in [2.45, 2.75) is 6.42 Å². The molecule has 1 fully saturated rings. The van der Waals surface area contributed by atoms with Crippen molar-refractivity contribution in [3.8, 4) is 0 Å². The van der Waals surface area contributed by atoms with Gasteiger partial charge in [0.05, 0.1) is 0 Å². The highest BCUT2D eigenvalue weighted by Crippen LogP contribution is 2.42. The first-order valence-electron chi connectivity index (χ1n) is 5.95. The molecule has 0 spiro atoms. The van der Waals surface area contributed by atoms with Crippen LogP contribution in [-0.4, -0.2) is 34.2 Å². The molecule has 0 unspecified atom stereocenters. The third-order valence-electron chi connectivity index (χ3n) is 3.81. The van der Waals surface area contributed by atoms with Gasteiger partial charge in [-0.05, 0) is 29.5 Å². The largest absolute Gasteiger partial charge is 0.465 e. The van der Waals surface area contributed by atoms with E-state index in [1.165, 1.54) is 10.5 Å². The van der Waals surface area contributed by atoms with Crippen molar-refractivity contribution in [1.82, 2.24) is 9.88 Å². The standard InChI is InChI=1S/C13H13ClN2O2/c14-12-4-2-8(5-15-12)10-3-1-9-6-16(13(17)18)7-11(9)10/h2-5,9,11H,1,6-7H2,(H,17,18)/t9-,11+/m1/s1. The molecule has 1 aliphatic carbocycles. The van der Waals surface area contributed by atoms with Crippen LogP contribution in [0, 0.1) is 11.8 Å². The first-order chi connectivity index (χ1) is 8.65. The van der Waals surface area contributed by atoms with E-state index in [-0.39, 0.29) is 0 Å². The highest BCUT2D eigenvalue weighted by atomic mass is 35.5. The highest BCUT2D eigenvalue weighted by Gasteiger charge is 2.40. The molecule has 1 saturated heterocycles. The zero-order valence-electron chi connectivity index (χ0n) is 9.71. The Morgan fingerprint density at radius 3 is 2.94 bits per heavy atom. The Morgan fingerprint density at radius 2 is 2.28 bits per heavy atom. The average Bonchev–Trinajstić information content (AvgIpc) is 2.89. The second kappa shape index (κ2) is 4.28. The molecule has 2 heterocycles. The van der Waals surface area contributed by atoms with Crippen molar-refractivity contribution in [2.75, 3.05) is 13.1 Å². The minimum Gasteiger partial charge on any atom is -0.465 e. The van der Waals surface area contributed by atoms with Gasteiger partial charge in [-0.25, -0.2) is 9.78 Å². The van der Waals surface area contributed by atoms with Crippen LogP contribution in [0.4, 0.5) is 4.79 Å². The van der Waals surface area contributed by atoms with Crippen molar-refractivity contribution >= 4 is 23.3 Å². The van der Waals surface area contributed by atoms with Crippen LogP contribution in [0.15, 0.2) is 24.4 Å². The lowest BCUT2D eigenvalue weighted by Crippen LogP contribution is -2.27. The van der Waals surface area contributed by atoms with Gasteiger partial charge in [0.1, 0.15) is 5.15 Å². The number of aromatic nitrogens is 1. The van der Waals surface area contributed by atoms with Gasteiger partial charge >= 0.3 is 6.09 Å². The number of likely N-dealkylation sites (tertiary alicyclic amines) is 1. The lowest BCUT2D eigenvalue weighted by Gasteiger charge is -2.14. The predicted molar refractivity (Wildman–Crippen MR) is 68.4 cm³/mol. The fraction of sp³-hybridized carbons (Fsp3) is 0.385. The number of hydrogen-bond donors (Lipinski definition) is 1. The molecule has 5 heteroatoms. The summed E-state index contributed by atoms with van der Waals surface area (Å²) in [7, 11) is 0. The number of carboxylic acid groups (broad SMARTS) is 1. The van der Waals surface area contributed by atoms with Crippen LogP contribution < -0.4 is 0 Å². The van der Waals surface area contributed by atoms with Gasteiger partial charge in [-0.2, -0.15) is 0 Å². The van der Waals surface area contributed by atoms with Crippen LogP contribution >= 0.6 is 11.6 Å². The molecule has 1 aromatic rings. The van der Waals surface area contributed by atoms with Gasteiger partial charge in [0.25, 0.3) is 0 Å². The van der Waals surface area contributed by atoms with Gasteiger partial charge < -0.3 is 10.0 Å². The van der Waals surface area contributed by atoms with Crippen molar-refractivity contribution in [2.24, 2.45) is 11.8 Å². The van der Waals surface area contributed by atoms with E-state index in [0.717, 1.165) is 12.0 Å². The summed E-state index contributed by atoms with van der Waals surface area (Å²) in [5.74, 6) is 0.732. The molecule has 4 nitrogen and oxygen atoms in total. The summed E-state index contributed by atoms with van der Waals surface area (Å²) in [5.41, 5.74) is 2.27. The number of hydrogen-bond acceptors (Lipinski definition) is 2. The molecule has 0 saturated carbocycles. The van der Waals surface area contributed by atoms with E-state index in [1.54, 1.807) is 12.3 Å². The fourth-order valence-electron chi connectivity index (χ4n) is 2.93. The molecule has 1 amide bonds. The molecular weight excluding hydrogens is 252 g/mol. The maximum Gasteiger partial charge on any atom is 0.407 e. The minimum atomic E-state index is -0.821. The zero-order valence-corrected chi connectivity index (χ0v) is 10.5. The van der Waals surface area contributed by atoms with Gasteiger partial charge in [0.2, 0.25) is 0 Å². The Morgan fingerprint density at radius 1 is 1.44 bits per heavy atom. The molecule has 0 radical (unpaired) electrons. The fourth-order valence-corrected chi connectivity index (χ4v) is 3.04. The van der Waals surface area contributed by atoms with E-state index >= 15 is 0 Å². The number of allylic oxidation sites excluding steroid dienone is 1. The first-order valence-corrected chi connectivity index (χ1v) is 6.33. The van der Waals surface area contributed by atoms with Crippen molar-refractivity contribution in [1.29, 1.82) is 0 Å². The number of nitrogens with zero attached hydrogens (tertiary/aromatic N) is 2. The molecule has 1 aromatic heterocycles. The summed E-state index contributed by atoms with van der Waals surface area (Å²) >= 11 is 5.78. The zero-order chi connectivity index (χ0) is 12.7. The van der Waals surface area contributed by atoms with Crippen LogP contribution in [0.2, 0.25) is 5.15 Å². The Labute approximate surface area is 110 Å². The topological polar surface area (TPSA) is 53.4 Å². The maximum absolute atomic E-state index is 11.0. The monoisotopic (exact) mass is 264 g/mol. The second-order valence-corrected chi connectivity index (χ2v) is 5.21. The molecule has 0 bridgehead atoms. The number of pyridine rings is 1. The van der Waals surface area contributed by atoms with Crippen LogP contribution in [0.1, 0.15) is 12.0 Å². The number of amides is 1. The van der Waals surface area contributed by atoms with E-state index in [1.807, 2.05) is 6.07 Å². The molecule has 0 aromatic carbocycles. The van der Waals surface area contributed by atoms with E-state index in [9.17, 15) is 4.79 Å². The third-order valence-corrected chi connectivity index (χ3v) is 4.04. The van der Waals surface area contributed by atoms with E-state index < -0.39 is 6.09 Å². The summed E-state index contributed by atoms with van der Waals surface area (Å²) in [5, 5.41) is 9.52. The number of carbonyl (C=O) groups is 1. The molecule has 3 rings (SSSR count). The van der Waals surface area contributed by atoms with Crippen LogP contribution in [0.25, 0.3) is 5.57 Å². The Bertz CT molecular complexity index is 512. The molecule has 94 valence electrons. The van der Waals surface area contributed by atoms with Crippen LogP contribution in [0.3, 0.4) is 0 Å². The Hall–Kier alpha value is -1.55. The van der Waals surface area contributed by atoms with E-state index in [0.29, 0.717) is 30.1 Å². The van der Waals surface area contributed by atoms with Gasteiger partial charge in [-0.1, -0.05) is 23.7 Å². The lowest BCUT2D eigenvalue weighted by molar-refractivity contribution is 0.153. The molecular formula is C13H13ClN2O2. The SMILES string of the molecule is O=C(O)N1C[C@H]2CC=C(c3ccc(Cl)nc3)[C@H]2C1. The van der Waals surface area contributed by atoms with E-state index in [4.69, 9.17) is 16.7 Å². The summed E-state index contributed by atoms with van der Waals surface area (Å²) in [6, 6.07) is 3.72. The predicted octanol–water partition coefficient (Wildman–Crippen LogP) is 2.75. The third kappa shape index (κ3) is 1.86. The van der Waals surface area contributed by atoms with Crippen molar-refractivity contribution in [3.05, 3.63) is 35.1 Å². The quantitative estimate of drug-likeness (QED) is 0.794. The maximum atomic E-state index is 11.0. The van der Waals surface area contributed by atoms with Gasteiger partial charge in [0, 0.05) is 25.2 Å². The summed E-state index contributed by atoms with van der Waals surface area (Å²) in [6.07, 6.45) is 4.10. The van der Waals surface area contributed by atoms with Gasteiger partial charge in [-0.15, -0.1) is 0 Å². The first kappa shape index (κ1) is 11.5. The molecule has 2 aliphatic rings. The minimum absolute atomic E-state index is 0.309. The number of rotatable bonds is 1.